The number of fused-ring (bicyclic) bond motifs is 1. The number of nitrogens with zero attached hydrogens (tertiary/aromatic N) is 3. The molecule has 3 aromatic carbocycles. The first-order chi connectivity index (χ1) is 22.9. The van der Waals surface area contributed by atoms with Gasteiger partial charge in [-0.25, -0.2) is 8.78 Å². The Balaban J connectivity index is 1.27. The van der Waals surface area contributed by atoms with Gasteiger partial charge < -0.3 is 19.7 Å². The van der Waals surface area contributed by atoms with Crippen LogP contribution in [-0.2, 0) is 21.5 Å². The van der Waals surface area contributed by atoms with E-state index in [-0.39, 0.29) is 30.0 Å². The Morgan fingerprint density at radius 1 is 1.15 bits per heavy atom. The third-order valence-electron chi connectivity index (χ3n) is 7.68. The lowest BCUT2D eigenvalue weighted by atomic mass is 10.1. The molecular weight excluding hydrogens is 670 g/mol. The molecule has 0 saturated heterocycles. The second kappa shape index (κ2) is 15.1. The summed E-state index contributed by atoms with van der Waals surface area (Å²) in [5, 5.41) is 7.07. The Hall–Kier alpha value is -4.53. The maximum Gasteiger partial charge on any atom is 0.266 e. The van der Waals surface area contributed by atoms with Gasteiger partial charge in [-0.1, -0.05) is 29.8 Å². The number of aromatic nitrogens is 2. The standard InChI is InChI=1S/C33H33ClF2N4O7S/c1-21-26(34)7-3-9-30(21)46-13-4-10-31(41)40-12-5-14-47-32-24(6-2-8-29(32)40)23-18-38-39(19-23)20-25-27(35)16-22(17-28(25)36)33(42)37-11-15-48(43,44)45/h2-3,6-9,16-19H,4-5,10-15,20H2,1H3,(H,37,42)(H,43,44,45). The quantitative estimate of drug-likeness (QED) is 0.147. The summed E-state index contributed by atoms with van der Waals surface area (Å²) in [6, 6.07) is 12.5. The Bertz CT molecular complexity index is 1910. The van der Waals surface area contributed by atoms with E-state index in [2.05, 4.69) is 10.4 Å². The zero-order valence-corrected chi connectivity index (χ0v) is 27.5. The first-order valence-electron chi connectivity index (χ1n) is 15.1. The maximum atomic E-state index is 15.0. The lowest BCUT2D eigenvalue weighted by Gasteiger charge is -2.23. The number of amides is 2. The van der Waals surface area contributed by atoms with Crippen LogP contribution in [0, 0.1) is 18.6 Å². The van der Waals surface area contributed by atoms with E-state index >= 15 is 0 Å². The fraction of sp³-hybridized carbons (Fsp3) is 0.303. The maximum absolute atomic E-state index is 15.0. The molecule has 0 atom stereocenters. The highest BCUT2D eigenvalue weighted by Gasteiger charge is 2.25. The fourth-order valence-corrected chi connectivity index (χ4v) is 5.74. The first kappa shape index (κ1) is 34.8. The van der Waals surface area contributed by atoms with E-state index in [1.165, 1.54) is 10.9 Å². The van der Waals surface area contributed by atoms with Gasteiger partial charge in [0, 0.05) is 58.5 Å². The first-order valence-corrected chi connectivity index (χ1v) is 17.1. The number of hydrogen-bond donors (Lipinski definition) is 2. The molecule has 0 aliphatic carbocycles. The van der Waals surface area contributed by atoms with Crippen molar-refractivity contribution in [3.05, 3.63) is 94.3 Å². The monoisotopic (exact) mass is 702 g/mol. The zero-order chi connectivity index (χ0) is 34.4. The van der Waals surface area contributed by atoms with Crippen LogP contribution < -0.4 is 19.7 Å². The number of carbonyl (C=O) groups is 2. The number of halogens is 3. The highest BCUT2D eigenvalue weighted by atomic mass is 35.5. The van der Waals surface area contributed by atoms with Crippen LogP contribution in [0.15, 0.2) is 60.9 Å². The molecule has 5 rings (SSSR count). The van der Waals surface area contributed by atoms with Gasteiger partial charge in [-0.2, -0.15) is 13.5 Å². The SMILES string of the molecule is Cc1c(Cl)cccc1OCCCC(=O)N1CCCOc2c(-c3cnn(Cc4c(F)cc(C(=O)NCCS(=O)(=O)O)cc4F)c3)cccc21. The summed E-state index contributed by atoms with van der Waals surface area (Å²) in [4.78, 5) is 27.3. The van der Waals surface area contributed by atoms with Crippen LogP contribution in [0.2, 0.25) is 5.02 Å². The van der Waals surface area contributed by atoms with Crippen molar-refractivity contribution in [1.82, 2.24) is 15.1 Å². The van der Waals surface area contributed by atoms with E-state index in [0.29, 0.717) is 65.9 Å². The minimum Gasteiger partial charge on any atom is -0.493 e. The number of hydrogen-bond acceptors (Lipinski definition) is 7. The Kier molecular flexibility index (Phi) is 11.0. The summed E-state index contributed by atoms with van der Waals surface area (Å²) >= 11 is 6.17. The minimum absolute atomic E-state index is 0.0810. The van der Waals surface area contributed by atoms with Gasteiger partial charge >= 0.3 is 0 Å². The number of anilines is 1. The molecule has 2 N–H and O–H groups in total. The molecule has 1 aliphatic heterocycles. The molecule has 0 fully saturated rings. The normalized spacial score (nSPS) is 13.0. The number of benzene rings is 3. The molecule has 2 amide bonds. The van der Waals surface area contributed by atoms with Gasteiger partial charge in [0.1, 0.15) is 17.4 Å². The highest BCUT2D eigenvalue weighted by molar-refractivity contribution is 7.85. The molecule has 11 nitrogen and oxygen atoms in total. The van der Waals surface area contributed by atoms with E-state index in [4.69, 9.17) is 25.6 Å². The Morgan fingerprint density at radius 3 is 2.65 bits per heavy atom. The van der Waals surface area contributed by atoms with Crippen LogP contribution in [0.1, 0.15) is 40.7 Å². The lowest BCUT2D eigenvalue weighted by molar-refractivity contribution is -0.118. The summed E-state index contributed by atoms with van der Waals surface area (Å²) in [7, 11) is -4.31. The molecule has 0 bridgehead atoms. The van der Waals surface area contributed by atoms with Gasteiger partial charge in [0.25, 0.3) is 16.0 Å². The predicted molar refractivity (Wildman–Crippen MR) is 175 cm³/mol. The molecule has 0 unspecified atom stereocenters. The zero-order valence-electron chi connectivity index (χ0n) is 25.9. The second-order valence-corrected chi connectivity index (χ2v) is 13.1. The third-order valence-corrected chi connectivity index (χ3v) is 8.81. The van der Waals surface area contributed by atoms with Gasteiger partial charge in [0.2, 0.25) is 5.91 Å². The topological polar surface area (TPSA) is 140 Å². The molecule has 2 heterocycles. The van der Waals surface area contributed by atoms with Crippen molar-refractivity contribution in [3.63, 3.8) is 0 Å². The average Bonchev–Trinajstić information content (AvgIpc) is 3.39. The van der Waals surface area contributed by atoms with E-state index in [9.17, 15) is 26.8 Å². The Morgan fingerprint density at radius 2 is 1.90 bits per heavy atom. The van der Waals surface area contributed by atoms with Crippen LogP contribution in [0.5, 0.6) is 11.5 Å². The van der Waals surface area contributed by atoms with Crippen molar-refractivity contribution >= 4 is 39.2 Å². The van der Waals surface area contributed by atoms with Gasteiger partial charge in [-0.3, -0.25) is 18.8 Å². The van der Waals surface area contributed by atoms with Crippen LogP contribution in [0.3, 0.4) is 0 Å². The molecule has 48 heavy (non-hydrogen) atoms. The summed E-state index contributed by atoms with van der Waals surface area (Å²) in [5.74, 6) is -2.54. The van der Waals surface area contributed by atoms with Crippen molar-refractivity contribution < 1.29 is 40.8 Å². The van der Waals surface area contributed by atoms with Crippen LogP contribution in [0.25, 0.3) is 11.1 Å². The van der Waals surface area contributed by atoms with Crippen LogP contribution in [-0.4, -0.2) is 66.6 Å². The second-order valence-electron chi connectivity index (χ2n) is 11.1. The minimum atomic E-state index is -4.31. The lowest BCUT2D eigenvalue weighted by Crippen LogP contribution is -2.31. The Labute approximate surface area is 281 Å². The van der Waals surface area contributed by atoms with E-state index in [1.54, 1.807) is 23.2 Å². The number of para-hydroxylation sites is 1. The molecule has 0 saturated carbocycles. The molecule has 0 radical (unpaired) electrons. The van der Waals surface area contributed by atoms with E-state index < -0.39 is 40.0 Å². The molecule has 1 aromatic heterocycles. The molecule has 4 aromatic rings. The molecule has 0 spiro atoms. The largest absolute Gasteiger partial charge is 0.493 e. The fourth-order valence-electron chi connectivity index (χ4n) is 5.21. The van der Waals surface area contributed by atoms with Gasteiger partial charge in [-0.15, -0.1) is 0 Å². The van der Waals surface area contributed by atoms with Crippen molar-refractivity contribution in [3.8, 4) is 22.6 Å². The number of carbonyl (C=O) groups excluding carboxylic acids is 2. The van der Waals surface area contributed by atoms with Crippen molar-refractivity contribution in [2.24, 2.45) is 0 Å². The number of ether oxygens (including phenoxy) is 2. The predicted octanol–water partition coefficient (Wildman–Crippen LogP) is 5.43. The third kappa shape index (κ3) is 8.48. The summed E-state index contributed by atoms with van der Waals surface area (Å²) in [6.07, 6.45) is 4.49. The summed E-state index contributed by atoms with van der Waals surface area (Å²) in [6.45, 7) is 2.34. The molecule has 1 aliphatic rings. The molecule has 15 heteroatoms. The van der Waals surface area contributed by atoms with E-state index in [0.717, 1.165) is 17.7 Å². The average molecular weight is 703 g/mol. The number of rotatable bonds is 12. The van der Waals surface area contributed by atoms with E-state index in [1.807, 2.05) is 31.2 Å². The van der Waals surface area contributed by atoms with Gasteiger partial charge in [0.15, 0.2) is 5.75 Å². The van der Waals surface area contributed by atoms with Crippen LogP contribution in [0.4, 0.5) is 14.5 Å². The van der Waals surface area contributed by atoms with Crippen molar-refractivity contribution in [1.29, 1.82) is 0 Å². The summed E-state index contributed by atoms with van der Waals surface area (Å²) < 4.78 is 73.6. The van der Waals surface area contributed by atoms with Gasteiger partial charge in [0.05, 0.1) is 37.4 Å². The van der Waals surface area contributed by atoms with Crippen LogP contribution >= 0.6 is 11.6 Å². The van der Waals surface area contributed by atoms with Crippen molar-refractivity contribution in [2.75, 3.05) is 37.0 Å². The molecule has 254 valence electrons. The molecular formula is C33H33ClF2N4O7S. The highest BCUT2D eigenvalue weighted by Crippen LogP contribution is 2.40. The summed E-state index contributed by atoms with van der Waals surface area (Å²) in [5.41, 5.74) is 2.01. The van der Waals surface area contributed by atoms with Crippen molar-refractivity contribution in [2.45, 2.75) is 32.7 Å². The smallest absolute Gasteiger partial charge is 0.266 e. The number of nitrogens with one attached hydrogen (secondary N) is 1. The van der Waals surface area contributed by atoms with Gasteiger partial charge in [-0.05, 0) is 50.1 Å².